The summed E-state index contributed by atoms with van der Waals surface area (Å²) < 4.78 is 9.14. The van der Waals surface area contributed by atoms with Crippen LogP contribution >= 0.6 is 34.7 Å². The number of nitrogens with one attached hydrogen (secondary N) is 1. The molecule has 1 unspecified atom stereocenters. The van der Waals surface area contributed by atoms with E-state index in [4.69, 9.17) is 11.6 Å². The quantitative estimate of drug-likeness (QED) is 0.908. The fraction of sp³-hybridized carbons (Fsp3) is 0.400. The molecule has 0 radical (unpaired) electrons. The second-order valence-electron chi connectivity index (χ2n) is 3.36. The Morgan fingerprint density at radius 2 is 2.38 bits per heavy atom. The number of hydrogen-bond acceptors (Lipinski definition) is 5. The third-order valence-electron chi connectivity index (χ3n) is 2.15. The Hall–Kier alpha value is -0.490. The van der Waals surface area contributed by atoms with Gasteiger partial charge in [0.1, 0.15) is 0 Å². The van der Waals surface area contributed by atoms with Crippen LogP contribution in [0.15, 0.2) is 18.3 Å². The lowest BCUT2D eigenvalue weighted by Crippen LogP contribution is -2.22. The summed E-state index contributed by atoms with van der Waals surface area (Å²) in [7, 11) is 0. The topological polar surface area (TPSA) is 37.8 Å². The molecule has 0 amide bonds. The fourth-order valence-corrected chi connectivity index (χ4v) is 3.02. The average molecular weight is 274 g/mol. The molecule has 0 aromatic carbocycles. The third kappa shape index (κ3) is 2.79. The molecule has 0 aliphatic carbocycles. The van der Waals surface area contributed by atoms with Crippen LogP contribution < -0.4 is 5.32 Å². The van der Waals surface area contributed by atoms with Crippen molar-refractivity contribution >= 4 is 34.7 Å². The normalized spacial score (nSPS) is 12.9. The molecule has 86 valence electrons. The zero-order valence-electron chi connectivity index (χ0n) is 8.81. The van der Waals surface area contributed by atoms with Gasteiger partial charge >= 0.3 is 0 Å². The summed E-state index contributed by atoms with van der Waals surface area (Å²) in [6, 6.07) is 4.08. The van der Waals surface area contributed by atoms with Gasteiger partial charge in [-0.2, -0.15) is 8.75 Å². The van der Waals surface area contributed by atoms with E-state index in [-0.39, 0.29) is 6.04 Å². The Bertz CT molecular complexity index is 427. The number of thiophene rings is 1. The van der Waals surface area contributed by atoms with E-state index in [2.05, 4.69) is 21.0 Å². The highest BCUT2D eigenvalue weighted by atomic mass is 35.5. The van der Waals surface area contributed by atoms with Crippen molar-refractivity contribution in [2.45, 2.75) is 19.4 Å². The predicted octanol–water partition coefficient (Wildman–Crippen LogP) is 3.34. The van der Waals surface area contributed by atoms with E-state index in [1.165, 1.54) is 16.6 Å². The zero-order valence-corrected chi connectivity index (χ0v) is 11.2. The second kappa shape index (κ2) is 5.72. The van der Waals surface area contributed by atoms with Gasteiger partial charge in [0, 0.05) is 4.88 Å². The van der Waals surface area contributed by atoms with Crippen LogP contribution in [-0.4, -0.2) is 15.3 Å². The van der Waals surface area contributed by atoms with Crippen molar-refractivity contribution in [3.8, 4) is 0 Å². The molecule has 1 N–H and O–H groups in total. The van der Waals surface area contributed by atoms with E-state index in [1.807, 2.05) is 18.3 Å². The van der Waals surface area contributed by atoms with Crippen LogP contribution in [-0.2, 0) is 0 Å². The number of halogens is 1. The molecule has 0 aliphatic rings. The van der Waals surface area contributed by atoms with Gasteiger partial charge in [0.25, 0.3) is 0 Å². The maximum absolute atomic E-state index is 5.96. The molecule has 16 heavy (non-hydrogen) atoms. The maximum Gasteiger partial charge on any atom is 0.0965 e. The van der Waals surface area contributed by atoms with Gasteiger partial charge in [-0.25, -0.2) is 0 Å². The lowest BCUT2D eigenvalue weighted by Gasteiger charge is -2.13. The van der Waals surface area contributed by atoms with Gasteiger partial charge in [-0.1, -0.05) is 18.5 Å². The predicted molar refractivity (Wildman–Crippen MR) is 69.4 cm³/mol. The molecule has 0 aliphatic heterocycles. The Kier molecular flexibility index (Phi) is 4.29. The van der Waals surface area contributed by atoms with Gasteiger partial charge in [-0.15, -0.1) is 11.3 Å². The summed E-state index contributed by atoms with van der Waals surface area (Å²) >= 11 is 8.78. The van der Waals surface area contributed by atoms with Crippen LogP contribution in [0.4, 0.5) is 0 Å². The zero-order chi connectivity index (χ0) is 11.4. The van der Waals surface area contributed by atoms with Gasteiger partial charge in [0.15, 0.2) is 0 Å². The monoisotopic (exact) mass is 273 g/mol. The van der Waals surface area contributed by atoms with E-state index in [0.29, 0.717) is 0 Å². The van der Waals surface area contributed by atoms with Gasteiger partial charge < -0.3 is 5.32 Å². The SMILES string of the molecule is CCCNC(c1cnsn1)c1ccc(Cl)s1. The van der Waals surface area contributed by atoms with Crippen molar-refractivity contribution in [3.05, 3.63) is 33.2 Å². The Morgan fingerprint density at radius 3 is 2.94 bits per heavy atom. The van der Waals surface area contributed by atoms with E-state index >= 15 is 0 Å². The van der Waals surface area contributed by atoms with Crippen molar-refractivity contribution in [2.24, 2.45) is 0 Å². The lowest BCUT2D eigenvalue weighted by atomic mass is 10.2. The van der Waals surface area contributed by atoms with Crippen molar-refractivity contribution in [1.29, 1.82) is 0 Å². The van der Waals surface area contributed by atoms with Crippen molar-refractivity contribution in [2.75, 3.05) is 6.54 Å². The van der Waals surface area contributed by atoms with Gasteiger partial charge in [0.05, 0.1) is 34.0 Å². The highest BCUT2D eigenvalue weighted by Gasteiger charge is 2.17. The summed E-state index contributed by atoms with van der Waals surface area (Å²) in [5.41, 5.74) is 0.969. The van der Waals surface area contributed by atoms with E-state index in [1.54, 1.807) is 11.3 Å². The largest absolute Gasteiger partial charge is 0.304 e. The highest BCUT2D eigenvalue weighted by Crippen LogP contribution is 2.30. The molecular weight excluding hydrogens is 262 g/mol. The molecule has 0 spiro atoms. The first-order valence-electron chi connectivity index (χ1n) is 5.07. The molecule has 2 rings (SSSR count). The second-order valence-corrected chi connectivity index (χ2v) is 5.66. The van der Waals surface area contributed by atoms with Crippen molar-refractivity contribution < 1.29 is 0 Å². The molecule has 0 bridgehead atoms. The molecule has 6 heteroatoms. The van der Waals surface area contributed by atoms with Gasteiger partial charge in [0.2, 0.25) is 0 Å². The highest BCUT2D eigenvalue weighted by molar-refractivity contribution is 7.16. The summed E-state index contributed by atoms with van der Waals surface area (Å²) in [4.78, 5) is 1.19. The van der Waals surface area contributed by atoms with Crippen LogP contribution in [0.2, 0.25) is 4.34 Å². The summed E-state index contributed by atoms with van der Waals surface area (Å²) in [6.07, 6.45) is 2.90. The lowest BCUT2D eigenvalue weighted by molar-refractivity contribution is 0.597. The van der Waals surface area contributed by atoms with Crippen LogP contribution in [0.5, 0.6) is 0 Å². The minimum atomic E-state index is 0.121. The fourth-order valence-electron chi connectivity index (χ4n) is 1.42. The first kappa shape index (κ1) is 12.0. The average Bonchev–Trinajstić information content (AvgIpc) is 2.91. The smallest absolute Gasteiger partial charge is 0.0965 e. The molecular formula is C10H12ClN3S2. The standard InChI is InChI=1S/C10H12ClN3S2/c1-2-5-12-10(7-6-13-16-14-7)8-3-4-9(11)15-8/h3-4,6,10,12H,2,5H2,1H3. The third-order valence-corrected chi connectivity index (χ3v) is 3.94. The van der Waals surface area contributed by atoms with Crippen LogP contribution in [0.1, 0.15) is 30.0 Å². The number of rotatable bonds is 5. The summed E-state index contributed by atoms with van der Waals surface area (Å²) in [6.45, 7) is 3.10. The van der Waals surface area contributed by atoms with Crippen LogP contribution in [0.3, 0.4) is 0 Å². The Morgan fingerprint density at radius 1 is 1.50 bits per heavy atom. The van der Waals surface area contributed by atoms with E-state index in [0.717, 1.165) is 23.0 Å². The molecule has 2 heterocycles. The van der Waals surface area contributed by atoms with Crippen molar-refractivity contribution in [3.63, 3.8) is 0 Å². The summed E-state index contributed by atoms with van der Waals surface area (Å²) in [5, 5.41) is 3.46. The minimum Gasteiger partial charge on any atom is -0.304 e. The van der Waals surface area contributed by atoms with Gasteiger partial charge in [-0.3, -0.25) is 0 Å². The molecule has 2 aromatic heterocycles. The van der Waals surface area contributed by atoms with Gasteiger partial charge in [-0.05, 0) is 25.1 Å². The minimum absolute atomic E-state index is 0.121. The van der Waals surface area contributed by atoms with E-state index in [9.17, 15) is 0 Å². The first-order chi connectivity index (χ1) is 7.81. The number of aromatic nitrogens is 2. The van der Waals surface area contributed by atoms with E-state index < -0.39 is 0 Å². The molecule has 0 saturated carbocycles. The Balaban J connectivity index is 2.21. The molecule has 0 fully saturated rings. The first-order valence-corrected chi connectivity index (χ1v) is 6.99. The molecule has 2 aromatic rings. The number of hydrogen-bond donors (Lipinski definition) is 1. The number of nitrogens with zero attached hydrogens (tertiary/aromatic N) is 2. The molecule has 0 saturated heterocycles. The Labute approximate surface area is 108 Å². The van der Waals surface area contributed by atoms with Crippen LogP contribution in [0, 0.1) is 0 Å². The molecule has 3 nitrogen and oxygen atoms in total. The maximum atomic E-state index is 5.96. The molecule has 1 atom stereocenters. The van der Waals surface area contributed by atoms with Crippen LogP contribution in [0.25, 0.3) is 0 Å². The summed E-state index contributed by atoms with van der Waals surface area (Å²) in [5.74, 6) is 0. The van der Waals surface area contributed by atoms with Crippen molar-refractivity contribution in [1.82, 2.24) is 14.1 Å².